The standard InChI is InChI=1S/C21H18ClFN8O4/c1-11-18(31(30-26-11)20-19(24)28-35-29-20)21(32)27-25-9-12-3-6-16(17(7-12)33-2)34-10-13-4-5-14(23)8-15(13)22/h3-9H,10H2,1-2H3,(H2,24,28)(H,27,32)/b25-9+. The van der Waals surface area contributed by atoms with E-state index in [1.54, 1.807) is 31.2 Å². The van der Waals surface area contributed by atoms with Crippen molar-refractivity contribution in [1.82, 2.24) is 30.7 Å². The summed E-state index contributed by atoms with van der Waals surface area (Å²) in [7, 11) is 1.48. The largest absolute Gasteiger partial charge is 0.493 e. The van der Waals surface area contributed by atoms with Crippen LogP contribution in [0.15, 0.2) is 46.1 Å². The van der Waals surface area contributed by atoms with Crippen molar-refractivity contribution in [2.24, 2.45) is 5.10 Å². The lowest BCUT2D eigenvalue weighted by Crippen LogP contribution is -2.22. The van der Waals surface area contributed by atoms with Crippen LogP contribution in [0.4, 0.5) is 10.2 Å². The first-order valence-electron chi connectivity index (χ1n) is 9.96. The fourth-order valence-electron chi connectivity index (χ4n) is 3.00. The Balaban J connectivity index is 1.44. The summed E-state index contributed by atoms with van der Waals surface area (Å²) < 4.78 is 30.0. The van der Waals surface area contributed by atoms with Gasteiger partial charge in [0.15, 0.2) is 17.2 Å². The number of nitrogens with two attached hydrogens (primary N) is 1. The highest BCUT2D eigenvalue weighted by atomic mass is 35.5. The minimum atomic E-state index is -0.603. The van der Waals surface area contributed by atoms with E-state index in [2.05, 4.69) is 35.8 Å². The first-order chi connectivity index (χ1) is 16.9. The maximum Gasteiger partial charge on any atom is 0.292 e. The van der Waals surface area contributed by atoms with Gasteiger partial charge in [-0.25, -0.2) is 14.4 Å². The van der Waals surface area contributed by atoms with Gasteiger partial charge in [-0.3, -0.25) is 4.79 Å². The zero-order valence-electron chi connectivity index (χ0n) is 18.4. The van der Waals surface area contributed by atoms with Gasteiger partial charge in [0, 0.05) is 5.56 Å². The fraction of sp³-hybridized carbons (Fsp3) is 0.143. The molecule has 0 aliphatic heterocycles. The molecule has 0 unspecified atom stereocenters. The second kappa shape index (κ2) is 10.2. The Morgan fingerprint density at radius 2 is 2.11 bits per heavy atom. The molecule has 0 spiro atoms. The molecule has 0 bridgehead atoms. The van der Waals surface area contributed by atoms with Gasteiger partial charge in [0.05, 0.1) is 24.0 Å². The molecule has 12 nitrogen and oxygen atoms in total. The lowest BCUT2D eigenvalue weighted by molar-refractivity contribution is 0.0946. The van der Waals surface area contributed by atoms with Crippen LogP contribution in [0.2, 0.25) is 5.02 Å². The highest BCUT2D eigenvalue weighted by Gasteiger charge is 2.22. The number of halogens is 2. The molecule has 0 aliphatic carbocycles. The molecule has 0 atom stereocenters. The number of nitrogens with zero attached hydrogens (tertiary/aromatic N) is 6. The van der Waals surface area contributed by atoms with E-state index in [1.807, 2.05) is 0 Å². The number of benzene rings is 2. The third-order valence-corrected chi connectivity index (χ3v) is 5.07. The maximum absolute atomic E-state index is 13.2. The van der Waals surface area contributed by atoms with Crippen molar-refractivity contribution in [3.63, 3.8) is 0 Å². The third-order valence-electron chi connectivity index (χ3n) is 4.72. The molecule has 2 aromatic heterocycles. The number of aromatic nitrogens is 5. The van der Waals surface area contributed by atoms with E-state index in [1.165, 1.54) is 25.5 Å². The number of methoxy groups -OCH3 is 1. The minimum Gasteiger partial charge on any atom is -0.493 e. The lowest BCUT2D eigenvalue weighted by atomic mass is 10.2. The Morgan fingerprint density at radius 1 is 1.29 bits per heavy atom. The van der Waals surface area contributed by atoms with Gasteiger partial charge in [-0.1, -0.05) is 22.9 Å². The molecule has 3 N–H and O–H groups in total. The van der Waals surface area contributed by atoms with Gasteiger partial charge < -0.3 is 15.2 Å². The summed E-state index contributed by atoms with van der Waals surface area (Å²) in [5, 5.41) is 19.0. The predicted octanol–water partition coefficient (Wildman–Crippen LogP) is 2.68. The molecule has 4 aromatic rings. The first kappa shape index (κ1) is 23.6. The van der Waals surface area contributed by atoms with E-state index < -0.39 is 11.7 Å². The quantitative estimate of drug-likeness (QED) is 0.274. The van der Waals surface area contributed by atoms with E-state index in [-0.39, 0.29) is 29.0 Å². The summed E-state index contributed by atoms with van der Waals surface area (Å²) in [4.78, 5) is 12.7. The summed E-state index contributed by atoms with van der Waals surface area (Å²) in [6, 6.07) is 9.10. The predicted molar refractivity (Wildman–Crippen MR) is 122 cm³/mol. The summed E-state index contributed by atoms with van der Waals surface area (Å²) in [6.45, 7) is 1.71. The molecule has 0 aliphatic rings. The molecule has 0 fully saturated rings. The first-order valence-corrected chi connectivity index (χ1v) is 10.3. The Kier molecular flexibility index (Phi) is 6.87. The lowest BCUT2D eigenvalue weighted by Gasteiger charge is -2.12. The number of amides is 1. The summed E-state index contributed by atoms with van der Waals surface area (Å²) >= 11 is 6.04. The van der Waals surface area contributed by atoms with Crippen LogP contribution in [0.25, 0.3) is 5.82 Å². The fourth-order valence-corrected chi connectivity index (χ4v) is 3.22. The van der Waals surface area contributed by atoms with Gasteiger partial charge in [0.2, 0.25) is 11.6 Å². The number of ether oxygens (including phenoxy) is 2. The van der Waals surface area contributed by atoms with Crippen molar-refractivity contribution in [2.75, 3.05) is 12.8 Å². The molecule has 0 radical (unpaired) electrons. The Hall–Kier alpha value is -4.52. The number of hydrazone groups is 1. The molecule has 1 amide bonds. The van der Waals surface area contributed by atoms with Crippen LogP contribution in [0.3, 0.4) is 0 Å². The zero-order valence-corrected chi connectivity index (χ0v) is 19.2. The number of anilines is 1. The number of carbonyl (C=O) groups excluding carboxylic acids is 1. The van der Waals surface area contributed by atoms with Crippen LogP contribution in [-0.4, -0.2) is 44.5 Å². The topological polar surface area (TPSA) is 156 Å². The van der Waals surface area contributed by atoms with Gasteiger partial charge in [-0.2, -0.15) is 9.78 Å². The highest BCUT2D eigenvalue weighted by Crippen LogP contribution is 2.29. The monoisotopic (exact) mass is 500 g/mol. The van der Waals surface area contributed by atoms with Gasteiger partial charge >= 0.3 is 0 Å². The number of carbonyl (C=O) groups is 1. The van der Waals surface area contributed by atoms with Crippen LogP contribution in [0.5, 0.6) is 11.5 Å². The van der Waals surface area contributed by atoms with Crippen molar-refractivity contribution in [2.45, 2.75) is 13.5 Å². The molecule has 180 valence electrons. The number of hydrogen-bond donors (Lipinski definition) is 2. The Labute approximate surface area is 202 Å². The van der Waals surface area contributed by atoms with Crippen molar-refractivity contribution >= 4 is 29.5 Å². The molecular formula is C21H18ClFN8O4. The molecule has 2 aromatic carbocycles. The number of hydrogen-bond acceptors (Lipinski definition) is 10. The van der Waals surface area contributed by atoms with Crippen molar-refractivity contribution in [1.29, 1.82) is 0 Å². The number of nitrogen functional groups attached to an aromatic ring is 1. The van der Waals surface area contributed by atoms with Crippen LogP contribution in [0.1, 0.15) is 27.3 Å². The molecule has 0 saturated heterocycles. The molecule has 2 heterocycles. The Bertz CT molecular complexity index is 1400. The van der Waals surface area contributed by atoms with Crippen LogP contribution < -0.4 is 20.6 Å². The summed E-state index contributed by atoms with van der Waals surface area (Å²) in [6.07, 6.45) is 1.41. The minimum absolute atomic E-state index is 0.0296. The summed E-state index contributed by atoms with van der Waals surface area (Å²) in [5.41, 5.74) is 9.69. The van der Waals surface area contributed by atoms with Crippen molar-refractivity contribution < 1.29 is 23.3 Å². The average Bonchev–Trinajstić information content (AvgIpc) is 3.43. The highest BCUT2D eigenvalue weighted by molar-refractivity contribution is 6.31. The number of rotatable bonds is 8. The smallest absolute Gasteiger partial charge is 0.292 e. The SMILES string of the molecule is COc1cc(/C=N/NC(=O)c2c(C)nnn2-c2nonc2N)ccc1OCc1ccc(F)cc1Cl. The molecule has 0 saturated carbocycles. The third kappa shape index (κ3) is 5.19. The van der Waals surface area contributed by atoms with Gasteiger partial charge in [0.1, 0.15) is 12.4 Å². The average molecular weight is 501 g/mol. The van der Waals surface area contributed by atoms with E-state index in [4.69, 9.17) is 26.8 Å². The molecular weight excluding hydrogens is 483 g/mol. The van der Waals surface area contributed by atoms with E-state index in [9.17, 15) is 9.18 Å². The van der Waals surface area contributed by atoms with E-state index in [0.29, 0.717) is 28.3 Å². The van der Waals surface area contributed by atoms with Crippen molar-refractivity contribution in [3.05, 3.63) is 69.8 Å². The Morgan fingerprint density at radius 3 is 2.83 bits per heavy atom. The van der Waals surface area contributed by atoms with Crippen molar-refractivity contribution in [3.8, 4) is 17.3 Å². The van der Waals surface area contributed by atoms with Crippen LogP contribution >= 0.6 is 11.6 Å². The molecule has 14 heteroatoms. The van der Waals surface area contributed by atoms with Crippen LogP contribution in [0, 0.1) is 12.7 Å². The van der Waals surface area contributed by atoms with Gasteiger partial charge in [-0.15, -0.1) is 5.10 Å². The normalized spacial score (nSPS) is 11.1. The molecule has 4 rings (SSSR count). The zero-order chi connectivity index (χ0) is 24.9. The van der Waals surface area contributed by atoms with Gasteiger partial charge in [0.25, 0.3) is 5.91 Å². The van der Waals surface area contributed by atoms with Gasteiger partial charge in [-0.05, 0) is 53.1 Å². The number of aryl methyl sites for hydroxylation is 1. The molecule has 35 heavy (non-hydrogen) atoms. The summed E-state index contributed by atoms with van der Waals surface area (Å²) in [5.74, 6) is -0.189. The second-order valence-corrected chi connectivity index (χ2v) is 7.45. The van der Waals surface area contributed by atoms with Crippen LogP contribution in [-0.2, 0) is 6.61 Å². The van der Waals surface area contributed by atoms with E-state index in [0.717, 1.165) is 4.68 Å². The number of nitrogens with one attached hydrogen (secondary N) is 1. The maximum atomic E-state index is 13.2. The van der Waals surface area contributed by atoms with E-state index >= 15 is 0 Å². The second-order valence-electron chi connectivity index (χ2n) is 7.04.